The number of nitrogens with one attached hydrogen (secondary N) is 1. The van der Waals surface area contributed by atoms with E-state index in [1.165, 1.54) is 38.2 Å². The van der Waals surface area contributed by atoms with E-state index in [-0.39, 0.29) is 40.3 Å². The summed E-state index contributed by atoms with van der Waals surface area (Å²) >= 11 is 0. The first-order valence-corrected chi connectivity index (χ1v) is 13.8. The lowest BCUT2D eigenvalue weighted by atomic mass is 9.66. The number of nitrogens with two attached hydrogens (primary N) is 1. The molecule has 0 amide bonds. The Balaban J connectivity index is 0.00000304. The Bertz CT molecular complexity index is 1240. The molecule has 2 aromatic carbocycles. The third kappa shape index (κ3) is 4.63. The standard InChI is InChI=1S/C27H33N3O4S.ClH/c1-27(15-7-10-17-8-3-2-4-9-17)20-12-6-5-11-19(20)24(31)23(25(27)32)26-29-21-14-13-18(28)16-22(21)35(33,34)30-26;/h5-6,11-14,16-17,31,33-34H,2-4,7-10,15,28H2,1H3,(H,29,30);1H. The van der Waals surface area contributed by atoms with E-state index >= 15 is 0 Å². The average molecular weight is 532 g/mol. The highest BCUT2D eigenvalue weighted by molar-refractivity contribution is 8.23. The zero-order valence-corrected chi connectivity index (χ0v) is 22.0. The molecule has 9 heteroatoms. The number of ketones is 1. The fraction of sp³-hybridized carbons (Fsp3) is 0.407. The highest BCUT2D eigenvalue weighted by Crippen LogP contribution is 2.56. The van der Waals surface area contributed by atoms with Crippen molar-refractivity contribution in [2.24, 2.45) is 10.3 Å². The van der Waals surface area contributed by atoms with Gasteiger partial charge in [0.15, 0.2) is 11.6 Å². The van der Waals surface area contributed by atoms with Crippen molar-refractivity contribution in [3.63, 3.8) is 0 Å². The van der Waals surface area contributed by atoms with Crippen LogP contribution in [0.2, 0.25) is 0 Å². The molecule has 3 aliphatic rings. The predicted molar refractivity (Wildman–Crippen MR) is 149 cm³/mol. The molecule has 2 aliphatic carbocycles. The summed E-state index contributed by atoms with van der Waals surface area (Å²) in [5, 5.41) is 14.3. The number of anilines is 2. The Morgan fingerprint density at radius 2 is 1.86 bits per heavy atom. The van der Waals surface area contributed by atoms with E-state index < -0.39 is 16.2 Å². The number of aliphatic hydroxyl groups excluding tert-OH is 1. The highest BCUT2D eigenvalue weighted by Gasteiger charge is 2.46. The molecule has 0 saturated heterocycles. The van der Waals surface area contributed by atoms with E-state index in [4.69, 9.17) is 5.73 Å². The molecule has 0 radical (unpaired) electrons. The number of hydrogen-bond acceptors (Lipinski definition) is 7. The summed E-state index contributed by atoms with van der Waals surface area (Å²) in [7, 11) is -3.61. The van der Waals surface area contributed by atoms with Gasteiger partial charge in [0.1, 0.15) is 16.2 Å². The number of nitrogens with zero attached hydrogens (tertiary/aromatic N) is 1. The molecule has 1 aliphatic heterocycles. The number of fused-ring (bicyclic) bond motifs is 2. The minimum Gasteiger partial charge on any atom is -0.506 e. The molecule has 6 N–H and O–H groups in total. The molecule has 1 atom stereocenters. The van der Waals surface area contributed by atoms with Gasteiger partial charge in [-0.1, -0.05) is 80.0 Å². The summed E-state index contributed by atoms with van der Waals surface area (Å²) in [6.07, 6.45) is 9.05. The zero-order valence-electron chi connectivity index (χ0n) is 20.4. The van der Waals surface area contributed by atoms with Crippen molar-refractivity contribution < 1.29 is 19.0 Å². The van der Waals surface area contributed by atoms with Gasteiger partial charge in [-0.25, -0.2) is 0 Å². The van der Waals surface area contributed by atoms with Crippen molar-refractivity contribution >= 4 is 51.9 Å². The number of rotatable bonds is 5. The molecular weight excluding hydrogens is 498 g/mol. The predicted octanol–water partition coefficient (Wildman–Crippen LogP) is 7.10. The Labute approximate surface area is 219 Å². The third-order valence-electron chi connectivity index (χ3n) is 7.76. The van der Waals surface area contributed by atoms with Gasteiger partial charge in [0, 0.05) is 11.3 Å². The van der Waals surface area contributed by atoms with Crippen LogP contribution in [0, 0.1) is 5.92 Å². The first-order chi connectivity index (χ1) is 16.7. The van der Waals surface area contributed by atoms with Crippen molar-refractivity contribution in [2.75, 3.05) is 11.1 Å². The SMILES string of the molecule is CC1(CCCC2CCCCC2)C(=O)C(C2=NS(O)(O)c3cc(N)ccc3N2)=C(O)c2ccccc21.Cl. The fourth-order valence-corrected chi connectivity index (χ4v) is 7.00. The van der Waals surface area contributed by atoms with Crippen molar-refractivity contribution in [2.45, 2.75) is 68.6 Å². The number of amidine groups is 1. The van der Waals surface area contributed by atoms with Gasteiger partial charge in [0.05, 0.1) is 11.1 Å². The molecule has 1 unspecified atom stereocenters. The first kappa shape index (κ1) is 26.5. The summed E-state index contributed by atoms with van der Waals surface area (Å²) in [6.45, 7) is 1.93. The Morgan fingerprint density at radius 3 is 2.61 bits per heavy atom. The molecule has 1 fully saturated rings. The summed E-state index contributed by atoms with van der Waals surface area (Å²) in [5.41, 5.74) is 7.10. The van der Waals surface area contributed by atoms with Gasteiger partial charge < -0.3 is 16.2 Å². The maximum Gasteiger partial charge on any atom is 0.180 e. The van der Waals surface area contributed by atoms with E-state index in [0.29, 0.717) is 29.3 Å². The Hall–Kier alpha value is -2.52. The molecule has 7 nitrogen and oxygen atoms in total. The van der Waals surface area contributed by atoms with E-state index in [1.807, 2.05) is 25.1 Å². The van der Waals surface area contributed by atoms with Crippen LogP contribution >= 0.6 is 23.2 Å². The largest absolute Gasteiger partial charge is 0.506 e. The highest BCUT2D eigenvalue weighted by atomic mass is 35.5. The lowest BCUT2D eigenvalue weighted by molar-refractivity contribution is -0.120. The normalized spacial score (nSPS) is 24.1. The molecule has 0 spiro atoms. The molecule has 36 heavy (non-hydrogen) atoms. The van der Waals surface area contributed by atoms with Crippen LogP contribution < -0.4 is 11.1 Å². The number of benzene rings is 2. The molecule has 0 bridgehead atoms. The van der Waals surface area contributed by atoms with Crippen LogP contribution in [-0.2, 0) is 10.2 Å². The Kier molecular flexibility index (Phi) is 7.44. The topological polar surface area (TPSA) is 128 Å². The first-order valence-electron chi connectivity index (χ1n) is 12.3. The minimum absolute atomic E-state index is 0. The second-order valence-electron chi connectivity index (χ2n) is 10.2. The lowest BCUT2D eigenvalue weighted by Gasteiger charge is -2.39. The molecule has 194 valence electrons. The van der Waals surface area contributed by atoms with Gasteiger partial charge in [-0.15, -0.1) is 16.8 Å². The van der Waals surface area contributed by atoms with Crippen LogP contribution in [0.1, 0.15) is 69.4 Å². The maximum atomic E-state index is 14.1. The van der Waals surface area contributed by atoms with Crippen molar-refractivity contribution in [3.8, 4) is 0 Å². The number of nitrogen functional groups attached to an aromatic ring is 1. The van der Waals surface area contributed by atoms with E-state index in [2.05, 4.69) is 9.71 Å². The van der Waals surface area contributed by atoms with Gasteiger partial charge in [-0.2, -0.15) is 0 Å². The van der Waals surface area contributed by atoms with Crippen LogP contribution in [-0.4, -0.2) is 25.8 Å². The van der Waals surface area contributed by atoms with Crippen LogP contribution in [0.5, 0.6) is 0 Å². The second kappa shape index (κ2) is 10.1. The summed E-state index contributed by atoms with van der Waals surface area (Å²) in [4.78, 5) is 14.2. The summed E-state index contributed by atoms with van der Waals surface area (Å²) < 4.78 is 25.7. The molecule has 2 aromatic rings. The fourth-order valence-electron chi connectivity index (χ4n) is 5.80. The average Bonchev–Trinajstić information content (AvgIpc) is 2.84. The van der Waals surface area contributed by atoms with Crippen LogP contribution in [0.15, 0.2) is 57.3 Å². The molecule has 1 saturated carbocycles. The van der Waals surface area contributed by atoms with Gasteiger partial charge >= 0.3 is 0 Å². The van der Waals surface area contributed by atoms with Crippen LogP contribution in [0.4, 0.5) is 11.4 Å². The van der Waals surface area contributed by atoms with Gasteiger partial charge in [0.25, 0.3) is 0 Å². The quantitative estimate of drug-likeness (QED) is 0.262. The summed E-state index contributed by atoms with van der Waals surface area (Å²) in [5.74, 6) is 0.220. The third-order valence-corrected chi connectivity index (χ3v) is 9.13. The van der Waals surface area contributed by atoms with Gasteiger partial charge in [0.2, 0.25) is 0 Å². The van der Waals surface area contributed by atoms with Crippen LogP contribution in [0.25, 0.3) is 5.76 Å². The molecule has 5 rings (SSSR count). The van der Waals surface area contributed by atoms with E-state index in [1.54, 1.807) is 18.2 Å². The molecule has 0 aromatic heterocycles. The second-order valence-corrected chi connectivity index (χ2v) is 11.8. The number of Topliss-reactive ketones (excluding diaryl/α,β-unsaturated/α-hetero) is 1. The minimum atomic E-state index is -3.61. The van der Waals surface area contributed by atoms with Crippen molar-refractivity contribution in [3.05, 3.63) is 59.2 Å². The number of carbonyl (C=O) groups excluding carboxylic acids is 1. The monoisotopic (exact) mass is 531 g/mol. The summed E-state index contributed by atoms with van der Waals surface area (Å²) in [6, 6.07) is 12.1. The van der Waals surface area contributed by atoms with Gasteiger partial charge in [-0.3, -0.25) is 13.9 Å². The molecular formula is C27H34ClN3O4S. The number of carbonyl (C=O) groups is 1. The van der Waals surface area contributed by atoms with Crippen LogP contribution in [0.3, 0.4) is 0 Å². The van der Waals surface area contributed by atoms with Crippen molar-refractivity contribution in [1.29, 1.82) is 0 Å². The lowest BCUT2D eigenvalue weighted by Crippen LogP contribution is -2.42. The van der Waals surface area contributed by atoms with E-state index in [9.17, 15) is 19.0 Å². The number of hydrogen-bond donors (Lipinski definition) is 5. The Morgan fingerprint density at radius 1 is 1.14 bits per heavy atom. The van der Waals surface area contributed by atoms with Gasteiger partial charge in [-0.05, 0) is 43.0 Å². The maximum absolute atomic E-state index is 14.1. The van der Waals surface area contributed by atoms with Crippen molar-refractivity contribution in [1.82, 2.24) is 0 Å². The number of halogens is 1. The van der Waals surface area contributed by atoms with E-state index in [0.717, 1.165) is 18.4 Å². The smallest absolute Gasteiger partial charge is 0.180 e. The zero-order chi connectivity index (χ0) is 24.8. The molecule has 1 heterocycles. The number of aliphatic hydroxyl groups is 1.